The molecule has 1 aromatic rings. The van der Waals surface area contributed by atoms with E-state index in [0.29, 0.717) is 6.04 Å². The molecule has 0 amide bonds. The fraction of sp³-hybridized carbons (Fsp3) is 0.647. The highest BCUT2D eigenvalue weighted by Gasteiger charge is 2.25. The SMILES string of the molecule is CCNC(Cc1c(C)cc(C)cc1C)C1CSCCS1. The van der Waals surface area contributed by atoms with Crippen LogP contribution in [0.15, 0.2) is 12.1 Å². The van der Waals surface area contributed by atoms with Crippen molar-refractivity contribution in [3.63, 3.8) is 0 Å². The van der Waals surface area contributed by atoms with Crippen LogP contribution in [0.1, 0.15) is 29.2 Å². The van der Waals surface area contributed by atoms with Crippen LogP contribution >= 0.6 is 23.5 Å². The lowest BCUT2D eigenvalue weighted by molar-refractivity contribution is 0.520. The van der Waals surface area contributed by atoms with Gasteiger partial charge in [-0.05, 0) is 50.4 Å². The molecule has 1 nitrogen and oxygen atoms in total. The van der Waals surface area contributed by atoms with E-state index in [0.717, 1.165) is 11.8 Å². The second-order valence-electron chi connectivity index (χ2n) is 5.73. The number of hydrogen-bond acceptors (Lipinski definition) is 3. The van der Waals surface area contributed by atoms with Crippen molar-refractivity contribution >= 4 is 23.5 Å². The van der Waals surface area contributed by atoms with Gasteiger partial charge in [-0.15, -0.1) is 0 Å². The van der Waals surface area contributed by atoms with Crippen LogP contribution in [-0.2, 0) is 6.42 Å². The van der Waals surface area contributed by atoms with Gasteiger partial charge >= 0.3 is 0 Å². The first-order valence-electron chi connectivity index (χ1n) is 7.61. The third kappa shape index (κ3) is 4.19. The first-order chi connectivity index (χ1) is 9.61. The predicted octanol–water partition coefficient (Wildman–Crippen LogP) is 3.98. The molecule has 0 bridgehead atoms. The molecular formula is C17H27NS2. The zero-order valence-electron chi connectivity index (χ0n) is 13.2. The first kappa shape index (κ1) is 16.3. The molecule has 1 saturated heterocycles. The molecular weight excluding hydrogens is 282 g/mol. The Morgan fingerprint density at radius 1 is 1.20 bits per heavy atom. The van der Waals surface area contributed by atoms with E-state index in [1.807, 2.05) is 0 Å². The quantitative estimate of drug-likeness (QED) is 0.883. The summed E-state index contributed by atoms with van der Waals surface area (Å²) in [6.45, 7) is 10.0. The van der Waals surface area contributed by atoms with Crippen LogP contribution in [0.3, 0.4) is 0 Å². The minimum Gasteiger partial charge on any atom is -0.313 e. The van der Waals surface area contributed by atoms with Gasteiger partial charge in [-0.2, -0.15) is 23.5 Å². The van der Waals surface area contributed by atoms with Crippen LogP contribution in [0.4, 0.5) is 0 Å². The number of nitrogens with one attached hydrogen (secondary N) is 1. The van der Waals surface area contributed by atoms with Crippen LogP contribution in [0.2, 0.25) is 0 Å². The molecule has 2 unspecified atom stereocenters. The Labute approximate surface area is 132 Å². The van der Waals surface area contributed by atoms with Crippen LogP contribution in [-0.4, -0.2) is 35.1 Å². The highest BCUT2D eigenvalue weighted by molar-refractivity contribution is 8.06. The second kappa shape index (κ2) is 7.77. The second-order valence-corrected chi connectivity index (χ2v) is 8.23. The van der Waals surface area contributed by atoms with Gasteiger partial charge in [0.25, 0.3) is 0 Å². The summed E-state index contributed by atoms with van der Waals surface area (Å²) >= 11 is 4.28. The fourth-order valence-corrected chi connectivity index (χ4v) is 5.98. The van der Waals surface area contributed by atoms with Gasteiger partial charge in [-0.25, -0.2) is 0 Å². The summed E-state index contributed by atoms with van der Waals surface area (Å²) in [5.74, 6) is 3.93. The summed E-state index contributed by atoms with van der Waals surface area (Å²) in [5.41, 5.74) is 5.85. The molecule has 1 aliphatic heterocycles. The summed E-state index contributed by atoms with van der Waals surface area (Å²) in [4.78, 5) is 0. The highest BCUT2D eigenvalue weighted by Crippen LogP contribution is 2.29. The Morgan fingerprint density at radius 3 is 2.45 bits per heavy atom. The van der Waals surface area contributed by atoms with Crippen molar-refractivity contribution < 1.29 is 0 Å². The molecule has 1 aliphatic rings. The van der Waals surface area contributed by atoms with Gasteiger partial charge < -0.3 is 5.32 Å². The molecule has 2 rings (SSSR count). The highest BCUT2D eigenvalue weighted by atomic mass is 32.2. The molecule has 112 valence electrons. The average Bonchev–Trinajstić information content (AvgIpc) is 2.42. The van der Waals surface area contributed by atoms with E-state index in [4.69, 9.17) is 0 Å². The Hall–Kier alpha value is -0.120. The maximum absolute atomic E-state index is 3.74. The molecule has 1 heterocycles. The molecule has 1 fully saturated rings. The Balaban J connectivity index is 2.15. The van der Waals surface area contributed by atoms with Crippen molar-refractivity contribution in [2.24, 2.45) is 0 Å². The van der Waals surface area contributed by atoms with E-state index in [9.17, 15) is 0 Å². The van der Waals surface area contributed by atoms with Gasteiger partial charge in [0.2, 0.25) is 0 Å². The summed E-state index contributed by atoms with van der Waals surface area (Å²) in [5, 5.41) is 4.49. The van der Waals surface area contributed by atoms with Gasteiger partial charge in [0, 0.05) is 28.6 Å². The summed E-state index contributed by atoms with van der Waals surface area (Å²) in [7, 11) is 0. The van der Waals surface area contributed by atoms with E-state index in [1.54, 1.807) is 5.56 Å². The molecule has 3 heteroatoms. The monoisotopic (exact) mass is 309 g/mol. The topological polar surface area (TPSA) is 12.0 Å². The number of hydrogen-bond donors (Lipinski definition) is 1. The predicted molar refractivity (Wildman–Crippen MR) is 95.4 cm³/mol. The van der Waals surface area contributed by atoms with Crippen molar-refractivity contribution in [1.82, 2.24) is 5.32 Å². The summed E-state index contributed by atoms with van der Waals surface area (Å²) in [6.07, 6.45) is 1.17. The lowest BCUT2D eigenvalue weighted by atomic mass is 9.93. The van der Waals surface area contributed by atoms with E-state index >= 15 is 0 Å². The lowest BCUT2D eigenvalue weighted by Crippen LogP contribution is -2.42. The molecule has 0 radical (unpaired) electrons. The molecule has 0 aromatic heterocycles. The van der Waals surface area contributed by atoms with Crippen LogP contribution in [0.5, 0.6) is 0 Å². The summed E-state index contributed by atoms with van der Waals surface area (Å²) in [6, 6.07) is 5.26. The Kier molecular flexibility index (Phi) is 6.31. The number of thioether (sulfide) groups is 2. The van der Waals surface area contributed by atoms with Crippen molar-refractivity contribution in [2.45, 2.75) is 45.4 Å². The molecule has 0 aliphatic carbocycles. The molecule has 20 heavy (non-hydrogen) atoms. The van der Waals surface area contributed by atoms with Gasteiger partial charge in [0.1, 0.15) is 0 Å². The zero-order chi connectivity index (χ0) is 14.5. The van der Waals surface area contributed by atoms with Gasteiger partial charge in [0.15, 0.2) is 0 Å². The number of benzene rings is 1. The molecule has 1 aromatic carbocycles. The van der Waals surface area contributed by atoms with Gasteiger partial charge in [-0.1, -0.05) is 24.6 Å². The third-order valence-corrected chi connectivity index (χ3v) is 6.94. The fourth-order valence-electron chi connectivity index (χ4n) is 3.09. The standard InChI is InChI=1S/C17H27NS2/c1-5-18-16(17-11-19-6-7-20-17)10-15-13(3)8-12(2)9-14(15)4/h8-9,16-18H,5-7,10-11H2,1-4H3. The Bertz CT molecular complexity index is 416. The molecule has 2 atom stereocenters. The van der Waals surface area contributed by atoms with E-state index in [2.05, 4.69) is 68.7 Å². The van der Waals surface area contributed by atoms with Crippen molar-refractivity contribution in [3.05, 3.63) is 34.4 Å². The number of rotatable bonds is 5. The van der Waals surface area contributed by atoms with Crippen molar-refractivity contribution in [3.8, 4) is 0 Å². The average molecular weight is 310 g/mol. The maximum atomic E-state index is 3.74. The normalized spacial score (nSPS) is 20.9. The van der Waals surface area contributed by atoms with E-state index < -0.39 is 0 Å². The minimum absolute atomic E-state index is 0.609. The van der Waals surface area contributed by atoms with Crippen molar-refractivity contribution in [1.29, 1.82) is 0 Å². The zero-order valence-corrected chi connectivity index (χ0v) is 14.8. The third-order valence-electron chi connectivity index (χ3n) is 4.02. The minimum atomic E-state index is 0.609. The van der Waals surface area contributed by atoms with Crippen LogP contribution < -0.4 is 5.32 Å². The van der Waals surface area contributed by atoms with Crippen LogP contribution in [0, 0.1) is 20.8 Å². The lowest BCUT2D eigenvalue weighted by Gasteiger charge is -2.31. The van der Waals surface area contributed by atoms with Crippen LogP contribution in [0.25, 0.3) is 0 Å². The number of likely N-dealkylation sites (N-methyl/N-ethyl adjacent to an activating group) is 1. The van der Waals surface area contributed by atoms with E-state index in [-0.39, 0.29) is 0 Å². The molecule has 0 saturated carbocycles. The number of aryl methyl sites for hydroxylation is 3. The van der Waals surface area contributed by atoms with Gasteiger partial charge in [0.05, 0.1) is 0 Å². The first-order valence-corrected chi connectivity index (χ1v) is 9.81. The Morgan fingerprint density at radius 2 is 1.90 bits per heavy atom. The molecule has 0 spiro atoms. The van der Waals surface area contributed by atoms with Crippen molar-refractivity contribution in [2.75, 3.05) is 23.8 Å². The molecule has 1 N–H and O–H groups in total. The smallest absolute Gasteiger partial charge is 0.0295 e. The largest absolute Gasteiger partial charge is 0.313 e. The van der Waals surface area contributed by atoms with E-state index in [1.165, 1.54) is 40.4 Å². The summed E-state index contributed by atoms with van der Waals surface area (Å²) < 4.78 is 0. The maximum Gasteiger partial charge on any atom is 0.0295 e. The van der Waals surface area contributed by atoms with Gasteiger partial charge in [-0.3, -0.25) is 0 Å².